The normalized spacial score (nSPS) is 9.87. The summed E-state index contributed by atoms with van der Waals surface area (Å²) >= 11 is 0. The van der Waals surface area contributed by atoms with E-state index in [9.17, 15) is 9.18 Å². The van der Waals surface area contributed by atoms with Gasteiger partial charge >= 0.3 is 0 Å². The van der Waals surface area contributed by atoms with Crippen molar-refractivity contribution in [2.24, 2.45) is 0 Å². The highest BCUT2D eigenvalue weighted by molar-refractivity contribution is 5.95. The molecule has 1 aromatic rings. The molecule has 0 saturated heterocycles. The summed E-state index contributed by atoms with van der Waals surface area (Å²) in [5, 5.41) is 0. The van der Waals surface area contributed by atoms with Crippen molar-refractivity contribution >= 4 is 5.78 Å². The minimum Gasteiger partial charge on any atom is -0.493 e. The number of methoxy groups -OCH3 is 2. The second-order valence-corrected chi connectivity index (χ2v) is 3.06. The van der Waals surface area contributed by atoms with Crippen LogP contribution in [0.5, 0.6) is 11.5 Å². The molecular weight excluding hydrogens is 199 g/mol. The monoisotopic (exact) mass is 212 g/mol. The Labute approximate surface area is 87.8 Å². The van der Waals surface area contributed by atoms with Crippen LogP contribution in [0.1, 0.15) is 22.8 Å². The molecule has 0 bridgehead atoms. The van der Waals surface area contributed by atoms with Gasteiger partial charge in [-0.3, -0.25) is 4.79 Å². The number of carbonyl (C=O) groups is 1. The molecule has 1 aromatic carbocycles. The van der Waals surface area contributed by atoms with Crippen LogP contribution < -0.4 is 9.47 Å². The van der Waals surface area contributed by atoms with Crippen LogP contribution in [0.15, 0.2) is 12.1 Å². The van der Waals surface area contributed by atoms with Crippen LogP contribution in [0, 0.1) is 0 Å². The number of carbonyl (C=O) groups excluding carboxylic acids is 1. The maximum Gasteiger partial charge on any atom is 0.166 e. The van der Waals surface area contributed by atoms with E-state index in [0.717, 1.165) is 0 Å². The quantitative estimate of drug-likeness (QED) is 0.719. The molecule has 0 aliphatic heterocycles. The smallest absolute Gasteiger partial charge is 0.166 e. The number of hydrogen-bond donors (Lipinski definition) is 0. The summed E-state index contributed by atoms with van der Waals surface area (Å²) in [6, 6.07) is 3.02. The summed E-state index contributed by atoms with van der Waals surface area (Å²) in [6.07, 6.45) is 0. The van der Waals surface area contributed by atoms with Gasteiger partial charge in [0.05, 0.1) is 14.2 Å². The van der Waals surface area contributed by atoms with Gasteiger partial charge in [0.1, 0.15) is 6.67 Å². The van der Waals surface area contributed by atoms with Gasteiger partial charge in [-0.1, -0.05) is 0 Å². The molecule has 0 saturated carbocycles. The fourth-order valence-electron chi connectivity index (χ4n) is 1.35. The molecule has 0 radical (unpaired) electrons. The fourth-order valence-corrected chi connectivity index (χ4v) is 1.35. The van der Waals surface area contributed by atoms with E-state index in [1.165, 1.54) is 27.2 Å². The summed E-state index contributed by atoms with van der Waals surface area (Å²) in [6.45, 7) is 0.726. The molecule has 0 aromatic heterocycles. The third-order valence-electron chi connectivity index (χ3n) is 2.11. The third kappa shape index (κ3) is 2.26. The molecule has 4 heteroatoms. The van der Waals surface area contributed by atoms with Crippen molar-refractivity contribution < 1.29 is 18.7 Å². The zero-order chi connectivity index (χ0) is 11.4. The van der Waals surface area contributed by atoms with Crippen LogP contribution in [-0.2, 0) is 6.67 Å². The van der Waals surface area contributed by atoms with E-state index in [2.05, 4.69) is 0 Å². The molecule has 0 fully saturated rings. The van der Waals surface area contributed by atoms with E-state index >= 15 is 0 Å². The molecule has 0 amide bonds. The van der Waals surface area contributed by atoms with Gasteiger partial charge in [0.15, 0.2) is 17.3 Å². The number of benzene rings is 1. The highest BCUT2D eigenvalue weighted by Crippen LogP contribution is 2.33. The van der Waals surface area contributed by atoms with Gasteiger partial charge in [0.2, 0.25) is 0 Å². The van der Waals surface area contributed by atoms with E-state index < -0.39 is 6.67 Å². The molecule has 82 valence electrons. The Morgan fingerprint density at radius 2 is 2.00 bits per heavy atom. The van der Waals surface area contributed by atoms with Crippen LogP contribution in [0.25, 0.3) is 0 Å². The molecule has 0 heterocycles. The highest BCUT2D eigenvalue weighted by atomic mass is 19.1. The van der Waals surface area contributed by atoms with E-state index in [1.54, 1.807) is 6.07 Å². The topological polar surface area (TPSA) is 35.5 Å². The van der Waals surface area contributed by atoms with E-state index in [1.807, 2.05) is 0 Å². The van der Waals surface area contributed by atoms with Gasteiger partial charge in [-0.15, -0.1) is 0 Å². The maximum absolute atomic E-state index is 12.7. The zero-order valence-electron chi connectivity index (χ0n) is 8.96. The Bertz CT molecular complexity index is 349. The summed E-state index contributed by atoms with van der Waals surface area (Å²) in [4.78, 5) is 11.2. The Kier molecular flexibility index (Phi) is 3.66. The van der Waals surface area contributed by atoms with Gasteiger partial charge in [0.25, 0.3) is 0 Å². The maximum atomic E-state index is 12.7. The SMILES string of the molecule is COc1cc(C(C)=O)cc(CF)c1OC. The van der Waals surface area contributed by atoms with Gasteiger partial charge in [0, 0.05) is 11.1 Å². The Hall–Kier alpha value is -1.58. The lowest BCUT2D eigenvalue weighted by molar-refractivity contribution is 0.101. The molecule has 0 aliphatic rings. The number of rotatable bonds is 4. The second-order valence-electron chi connectivity index (χ2n) is 3.06. The van der Waals surface area contributed by atoms with Crippen LogP contribution >= 0.6 is 0 Å². The van der Waals surface area contributed by atoms with E-state index in [4.69, 9.17) is 9.47 Å². The molecule has 0 unspecified atom stereocenters. The lowest BCUT2D eigenvalue weighted by Gasteiger charge is -2.12. The summed E-state index contributed by atoms with van der Waals surface area (Å²) in [5.74, 6) is 0.577. The van der Waals surface area contributed by atoms with Crippen LogP contribution in [0.4, 0.5) is 4.39 Å². The standard InChI is InChI=1S/C11H13FO3/c1-7(13)8-4-9(6-12)11(15-3)10(5-8)14-2/h4-5H,6H2,1-3H3. The first-order valence-electron chi connectivity index (χ1n) is 4.45. The zero-order valence-corrected chi connectivity index (χ0v) is 8.96. The average molecular weight is 212 g/mol. The number of hydrogen-bond acceptors (Lipinski definition) is 3. The number of alkyl halides is 1. The minimum atomic E-state index is -0.694. The number of halogens is 1. The van der Waals surface area contributed by atoms with Gasteiger partial charge in [-0.05, 0) is 19.1 Å². The van der Waals surface area contributed by atoms with Crippen molar-refractivity contribution in [1.29, 1.82) is 0 Å². The molecule has 0 atom stereocenters. The van der Waals surface area contributed by atoms with Crippen molar-refractivity contribution in [3.8, 4) is 11.5 Å². The van der Waals surface area contributed by atoms with E-state index in [0.29, 0.717) is 22.6 Å². The van der Waals surface area contributed by atoms with E-state index in [-0.39, 0.29) is 5.78 Å². The second kappa shape index (κ2) is 4.77. The fraction of sp³-hybridized carbons (Fsp3) is 0.364. The number of Topliss-reactive ketones (excluding diaryl/α,β-unsaturated/α-hetero) is 1. The van der Waals surface area contributed by atoms with Crippen molar-refractivity contribution in [2.45, 2.75) is 13.6 Å². The Morgan fingerprint density at radius 3 is 2.40 bits per heavy atom. The van der Waals surface area contributed by atoms with Crippen molar-refractivity contribution in [3.05, 3.63) is 23.3 Å². The predicted octanol–water partition coefficient (Wildman–Crippen LogP) is 2.38. The van der Waals surface area contributed by atoms with Gasteiger partial charge < -0.3 is 9.47 Å². The van der Waals surface area contributed by atoms with Crippen molar-refractivity contribution in [2.75, 3.05) is 14.2 Å². The lowest BCUT2D eigenvalue weighted by atomic mass is 10.1. The van der Waals surface area contributed by atoms with Crippen LogP contribution in [0.3, 0.4) is 0 Å². The molecule has 1 rings (SSSR count). The lowest BCUT2D eigenvalue weighted by Crippen LogP contribution is -2.00. The highest BCUT2D eigenvalue weighted by Gasteiger charge is 2.13. The van der Waals surface area contributed by atoms with Crippen LogP contribution in [0.2, 0.25) is 0 Å². The molecule has 15 heavy (non-hydrogen) atoms. The third-order valence-corrected chi connectivity index (χ3v) is 2.11. The first-order valence-corrected chi connectivity index (χ1v) is 4.45. The predicted molar refractivity (Wildman–Crippen MR) is 54.4 cm³/mol. The first kappa shape index (κ1) is 11.5. The van der Waals surface area contributed by atoms with Crippen LogP contribution in [-0.4, -0.2) is 20.0 Å². The molecule has 3 nitrogen and oxygen atoms in total. The summed E-state index contributed by atoms with van der Waals surface area (Å²) in [7, 11) is 2.88. The molecular formula is C11H13FO3. The summed E-state index contributed by atoms with van der Waals surface area (Å²) in [5.41, 5.74) is 0.738. The van der Waals surface area contributed by atoms with Gasteiger partial charge in [-0.2, -0.15) is 0 Å². The number of ketones is 1. The largest absolute Gasteiger partial charge is 0.493 e. The van der Waals surface area contributed by atoms with Crippen molar-refractivity contribution in [1.82, 2.24) is 0 Å². The Morgan fingerprint density at radius 1 is 1.33 bits per heavy atom. The molecule has 0 N–H and O–H groups in total. The van der Waals surface area contributed by atoms with Crippen molar-refractivity contribution in [3.63, 3.8) is 0 Å². The van der Waals surface area contributed by atoms with Gasteiger partial charge in [-0.25, -0.2) is 4.39 Å². The first-order chi connectivity index (χ1) is 7.13. The average Bonchev–Trinajstić information content (AvgIpc) is 2.26. The minimum absolute atomic E-state index is 0.134. The Balaban J connectivity index is 3.35. The molecule has 0 aliphatic carbocycles. The summed E-state index contributed by atoms with van der Waals surface area (Å²) < 4.78 is 22.7. The number of ether oxygens (including phenoxy) is 2. The molecule has 0 spiro atoms.